The second-order valence-corrected chi connectivity index (χ2v) is 7.00. The third-order valence-electron chi connectivity index (χ3n) is 2.32. The lowest BCUT2D eigenvalue weighted by molar-refractivity contribution is -0.114. The Labute approximate surface area is 128 Å². The fourth-order valence-electron chi connectivity index (χ4n) is 1.51. The van der Waals surface area contributed by atoms with Crippen LogP contribution in [0.15, 0.2) is 18.2 Å². The molecule has 0 fully saturated rings. The van der Waals surface area contributed by atoms with Gasteiger partial charge in [-0.2, -0.15) is 0 Å². The maximum Gasteiger partial charge on any atom is 0.233 e. The Morgan fingerprint density at radius 1 is 1.40 bits per heavy atom. The quantitative estimate of drug-likeness (QED) is 0.783. The van der Waals surface area contributed by atoms with Crippen LogP contribution in [0, 0.1) is 5.92 Å². The largest absolute Gasteiger partial charge is 0.325 e. The van der Waals surface area contributed by atoms with Crippen LogP contribution in [0.4, 0.5) is 11.4 Å². The molecule has 112 valence electrons. The van der Waals surface area contributed by atoms with E-state index in [9.17, 15) is 13.2 Å². The van der Waals surface area contributed by atoms with Gasteiger partial charge < -0.3 is 5.32 Å². The van der Waals surface area contributed by atoms with Gasteiger partial charge in [-0.05, 0) is 24.1 Å². The number of benzene rings is 1. The molecule has 0 bridgehead atoms. The lowest BCUT2D eigenvalue weighted by atomic mass is 10.3. The highest BCUT2D eigenvalue weighted by Crippen LogP contribution is 2.26. The van der Waals surface area contributed by atoms with Crippen molar-refractivity contribution in [3.8, 4) is 0 Å². The molecule has 1 rings (SSSR count). The molecule has 1 amide bonds. The Balaban J connectivity index is 2.84. The molecule has 0 saturated carbocycles. The summed E-state index contributed by atoms with van der Waals surface area (Å²) >= 11 is 11.6. The summed E-state index contributed by atoms with van der Waals surface area (Å²) in [5.41, 5.74) is 0.766. The van der Waals surface area contributed by atoms with Crippen molar-refractivity contribution in [3.63, 3.8) is 0 Å². The van der Waals surface area contributed by atoms with Gasteiger partial charge in [0.15, 0.2) is 0 Å². The molecule has 0 heterocycles. The van der Waals surface area contributed by atoms with Crippen LogP contribution in [0.5, 0.6) is 0 Å². The van der Waals surface area contributed by atoms with Gasteiger partial charge in [0, 0.05) is 12.8 Å². The molecular weight excluding hydrogens is 323 g/mol. The molecule has 5 nitrogen and oxygen atoms in total. The number of carbonyl (C=O) groups excluding carboxylic acids is 1. The number of nitrogens with one attached hydrogen (secondary N) is 2. The summed E-state index contributed by atoms with van der Waals surface area (Å²) in [5.74, 6) is -0.204. The molecule has 0 aromatic heterocycles. The summed E-state index contributed by atoms with van der Waals surface area (Å²) in [5, 5.41) is 2.79. The van der Waals surface area contributed by atoms with E-state index < -0.39 is 10.0 Å². The van der Waals surface area contributed by atoms with Crippen molar-refractivity contribution in [3.05, 3.63) is 23.2 Å². The highest BCUT2D eigenvalue weighted by Gasteiger charge is 2.15. The smallest absolute Gasteiger partial charge is 0.233 e. The summed E-state index contributed by atoms with van der Waals surface area (Å²) in [6, 6.07) is 4.50. The van der Waals surface area contributed by atoms with Gasteiger partial charge in [-0.15, -0.1) is 11.6 Å². The maximum absolute atomic E-state index is 11.9. The van der Waals surface area contributed by atoms with Crippen LogP contribution in [0.1, 0.15) is 13.8 Å². The molecule has 1 atom stereocenters. The molecule has 0 aliphatic heterocycles. The molecule has 0 saturated heterocycles. The van der Waals surface area contributed by atoms with E-state index in [0.29, 0.717) is 11.4 Å². The Morgan fingerprint density at radius 2 is 2.05 bits per heavy atom. The van der Waals surface area contributed by atoms with Gasteiger partial charge in [-0.25, -0.2) is 8.42 Å². The molecule has 1 aromatic rings. The first kappa shape index (κ1) is 17.1. The number of alkyl halides is 1. The van der Waals surface area contributed by atoms with Crippen LogP contribution in [-0.4, -0.2) is 26.0 Å². The molecule has 1 unspecified atom stereocenters. The number of hydrogen-bond donors (Lipinski definition) is 2. The van der Waals surface area contributed by atoms with Gasteiger partial charge in [0.05, 0.1) is 22.2 Å². The third-order valence-corrected chi connectivity index (χ3v) is 4.71. The molecule has 0 aliphatic rings. The number of sulfonamides is 1. The van der Waals surface area contributed by atoms with Crippen LogP contribution in [0.3, 0.4) is 0 Å². The van der Waals surface area contributed by atoms with E-state index in [4.69, 9.17) is 23.2 Å². The normalized spacial score (nSPS) is 12.8. The van der Waals surface area contributed by atoms with Crippen molar-refractivity contribution in [1.82, 2.24) is 0 Å². The average molecular weight is 339 g/mol. The fourth-order valence-corrected chi connectivity index (χ4v) is 3.41. The van der Waals surface area contributed by atoms with E-state index in [1.54, 1.807) is 6.92 Å². The zero-order chi connectivity index (χ0) is 15.3. The zero-order valence-electron chi connectivity index (χ0n) is 11.1. The molecule has 20 heavy (non-hydrogen) atoms. The highest BCUT2D eigenvalue weighted by atomic mass is 35.5. The molecule has 0 spiro atoms. The zero-order valence-corrected chi connectivity index (χ0v) is 13.4. The van der Waals surface area contributed by atoms with Crippen LogP contribution in [0.2, 0.25) is 5.02 Å². The average Bonchev–Trinajstić information content (AvgIpc) is 2.31. The first-order valence-corrected chi connectivity index (χ1v) is 8.43. The van der Waals surface area contributed by atoms with E-state index in [2.05, 4.69) is 10.0 Å². The number of amides is 1. The summed E-state index contributed by atoms with van der Waals surface area (Å²) in [4.78, 5) is 10.9. The number of rotatable bonds is 6. The van der Waals surface area contributed by atoms with Crippen molar-refractivity contribution in [1.29, 1.82) is 0 Å². The van der Waals surface area contributed by atoms with E-state index in [1.165, 1.54) is 25.1 Å². The van der Waals surface area contributed by atoms with Gasteiger partial charge in [0.1, 0.15) is 0 Å². The second-order valence-electron chi connectivity index (χ2n) is 4.52. The van der Waals surface area contributed by atoms with Gasteiger partial charge in [-0.1, -0.05) is 18.5 Å². The van der Waals surface area contributed by atoms with Crippen LogP contribution < -0.4 is 10.0 Å². The second kappa shape index (κ2) is 7.15. The van der Waals surface area contributed by atoms with E-state index in [-0.39, 0.29) is 28.5 Å². The monoisotopic (exact) mass is 338 g/mol. The van der Waals surface area contributed by atoms with E-state index in [1.807, 2.05) is 0 Å². The maximum atomic E-state index is 11.9. The standard InChI is InChI=1S/C12H16Cl2N2O3S/c1-8(6-13)7-20(18,19)16-10-3-4-12(11(14)5-10)15-9(2)17/h3-5,8,16H,6-7H2,1-2H3,(H,15,17). The SMILES string of the molecule is CC(=O)Nc1ccc(NS(=O)(=O)CC(C)CCl)cc1Cl. The van der Waals surface area contributed by atoms with Gasteiger partial charge in [-0.3, -0.25) is 9.52 Å². The minimum absolute atomic E-state index is 0.0679. The Hall–Kier alpha value is -0.980. The number of anilines is 2. The molecule has 0 aliphatic carbocycles. The Bertz CT molecular complexity index is 590. The lowest BCUT2D eigenvalue weighted by Gasteiger charge is -2.12. The summed E-state index contributed by atoms with van der Waals surface area (Å²) in [7, 11) is -3.48. The topological polar surface area (TPSA) is 75.3 Å². The summed E-state index contributed by atoms with van der Waals surface area (Å²) < 4.78 is 26.1. The van der Waals surface area contributed by atoms with E-state index in [0.717, 1.165) is 0 Å². The predicted molar refractivity (Wildman–Crippen MR) is 83.0 cm³/mol. The first-order chi connectivity index (χ1) is 9.23. The van der Waals surface area contributed by atoms with Crippen molar-refractivity contribution in [2.75, 3.05) is 21.7 Å². The minimum Gasteiger partial charge on any atom is -0.325 e. The van der Waals surface area contributed by atoms with Crippen molar-refractivity contribution in [2.24, 2.45) is 5.92 Å². The molecule has 2 N–H and O–H groups in total. The van der Waals surface area contributed by atoms with Gasteiger partial charge in [0.2, 0.25) is 15.9 Å². The van der Waals surface area contributed by atoms with Gasteiger partial charge >= 0.3 is 0 Å². The fraction of sp³-hybridized carbons (Fsp3) is 0.417. The van der Waals surface area contributed by atoms with E-state index >= 15 is 0 Å². The summed E-state index contributed by atoms with van der Waals surface area (Å²) in [6.07, 6.45) is 0. The number of carbonyl (C=O) groups is 1. The molecular formula is C12H16Cl2N2O3S. The summed E-state index contributed by atoms with van der Waals surface area (Å²) in [6.45, 7) is 3.11. The first-order valence-electron chi connectivity index (χ1n) is 5.87. The lowest BCUT2D eigenvalue weighted by Crippen LogP contribution is -2.22. The number of hydrogen-bond acceptors (Lipinski definition) is 3. The molecule has 8 heteroatoms. The molecule has 0 radical (unpaired) electrons. The van der Waals surface area contributed by atoms with Crippen molar-refractivity contribution in [2.45, 2.75) is 13.8 Å². The minimum atomic E-state index is -3.48. The van der Waals surface area contributed by atoms with Crippen LogP contribution in [-0.2, 0) is 14.8 Å². The Morgan fingerprint density at radius 3 is 2.55 bits per heavy atom. The van der Waals surface area contributed by atoms with Crippen molar-refractivity contribution < 1.29 is 13.2 Å². The van der Waals surface area contributed by atoms with Gasteiger partial charge in [0.25, 0.3) is 0 Å². The number of halogens is 2. The van der Waals surface area contributed by atoms with Crippen molar-refractivity contribution >= 4 is 50.5 Å². The third kappa shape index (κ3) is 5.56. The predicted octanol–water partition coefficient (Wildman–Crippen LogP) is 2.92. The Kier molecular flexibility index (Phi) is 6.10. The molecule has 1 aromatic carbocycles. The highest BCUT2D eigenvalue weighted by molar-refractivity contribution is 7.92. The van der Waals surface area contributed by atoms with Crippen LogP contribution >= 0.6 is 23.2 Å². The van der Waals surface area contributed by atoms with Crippen LogP contribution in [0.25, 0.3) is 0 Å².